The summed E-state index contributed by atoms with van der Waals surface area (Å²) < 4.78 is 0.822. The topological polar surface area (TPSA) is 38.0 Å². The Bertz CT molecular complexity index is 246. The minimum absolute atomic E-state index is 0.556. The zero-order chi connectivity index (χ0) is 9.68. The molecule has 0 amide bonds. The maximum atomic E-state index is 5.80. The van der Waals surface area contributed by atoms with Crippen LogP contribution in [0.3, 0.4) is 0 Å². The molecule has 1 rings (SSSR count). The first-order valence-corrected chi connectivity index (χ1v) is 5.65. The van der Waals surface area contributed by atoms with Crippen LogP contribution in [-0.4, -0.2) is 13.1 Å². The Balaban J connectivity index is 2.33. The van der Waals surface area contributed by atoms with Gasteiger partial charge in [0.1, 0.15) is 0 Å². The SMILES string of the molecule is CCC(CN)CNc1ccc(Cl)s1. The molecule has 0 aliphatic rings. The standard InChI is InChI=1S/C9H15ClN2S/c1-2-7(5-11)6-12-9-4-3-8(10)13-9/h3-4,7,12H,2,5-6,11H2,1H3. The molecule has 0 saturated heterocycles. The predicted molar refractivity (Wildman–Crippen MR) is 60.7 cm³/mol. The molecular weight excluding hydrogens is 204 g/mol. The first-order valence-electron chi connectivity index (χ1n) is 4.45. The Hall–Kier alpha value is -0.250. The predicted octanol–water partition coefficient (Wildman–Crippen LogP) is 2.80. The van der Waals surface area contributed by atoms with Crippen molar-refractivity contribution >= 4 is 27.9 Å². The van der Waals surface area contributed by atoms with Gasteiger partial charge >= 0.3 is 0 Å². The second-order valence-electron chi connectivity index (χ2n) is 2.99. The molecule has 2 nitrogen and oxygen atoms in total. The quantitative estimate of drug-likeness (QED) is 0.798. The Morgan fingerprint density at radius 2 is 2.38 bits per heavy atom. The van der Waals surface area contributed by atoms with Crippen LogP contribution in [-0.2, 0) is 0 Å². The first kappa shape index (κ1) is 10.8. The monoisotopic (exact) mass is 218 g/mol. The molecule has 0 spiro atoms. The van der Waals surface area contributed by atoms with E-state index < -0.39 is 0 Å². The van der Waals surface area contributed by atoms with Crippen molar-refractivity contribution < 1.29 is 0 Å². The number of nitrogens with one attached hydrogen (secondary N) is 1. The number of hydrogen-bond donors (Lipinski definition) is 2. The lowest BCUT2D eigenvalue weighted by Gasteiger charge is -2.12. The summed E-state index contributed by atoms with van der Waals surface area (Å²) in [6, 6.07) is 3.90. The lowest BCUT2D eigenvalue weighted by Crippen LogP contribution is -2.21. The van der Waals surface area contributed by atoms with E-state index in [0.717, 1.165) is 28.8 Å². The van der Waals surface area contributed by atoms with Crippen molar-refractivity contribution in [1.82, 2.24) is 0 Å². The van der Waals surface area contributed by atoms with Crippen LogP contribution in [0.15, 0.2) is 12.1 Å². The van der Waals surface area contributed by atoms with Gasteiger partial charge < -0.3 is 11.1 Å². The van der Waals surface area contributed by atoms with Gasteiger partial charge in [0.05, 0.1) is 9.34 Å². The Kier molecular flexibility index (Phi) is 4.56. The van der Waals surface area contributed by atoms with E-state index in [-0.39, 0.29) is 0 Å². The van der Waals surface area contributed by atoms with Crippen LogP contribution in [0, 0.1) is 5.92 Å². The Morgan fingerprint density at radius 1 is 1.62 bits per heavy atom. The van der Waals surface area contributed by atoms with E-state index in [1.807, 2.05) is 12.1 Å². The van der Waals surface area contributed by atoms with Crippen molar-refractivity contribution in [1.29, 1.82) is 0 Å². The zero-order valence-electron chi connectivity index (χ0n) is 7.72. The molecule has 0 radical (unpaired) electrons. The molecule has 0 fully saturated rings. The molecule has 0 aliphatic heterocycles. The molecule has 74 valence electrons. The van der Waals surface area contributed by atoms with Gasteiger partial charge in [0, 0.05) is 6.54 Å². The van der Waals surface area contributed by atoms with Gasteiger partial charge in [-0.1, -0.05) is 24.9 Å². The second kappa shape index (κ2) is 5.47. The van der Waals surface area contributed by atoms with Crippen molar-refractivity contribution in [2.24, 2.45) is 11.7 Å². The third kappa shape index (κ3) is 3.55. The third-order valence-corrected chi connectivity index (χ3v) is 3.24. The summed E-state index contributed by atoms with van der Waals surface area (Å²) >= 11 is 7.36. The van der Waals surface area contributed by atoms with Gasteiger partial charge in [-0.05, 0) is 24.6 Å². The lowest BCUT2D eigenvalue weighted by molar-refractivity contribution is 0.549. The van der Waals surface area contributed by atoms with Crippen LogP contribution in [0.4, 0.5) is 5.00 Å². The zero-order valence-corrected chi connectivity index (χ0v) is 9.29. The maximum Gasteiger partial charge on any atom is 0.0950 e. The van der Waals surface area contributed by atoms with Gasteiger partial charge in [-0.3, -0.25) is 0 Å². The molecular formula is C9H15ClN2S. The van der Waals surface area contributed by atoms with Gasteiger partial charge in [-0.15, -0.1) is 11.3 Å². The van der Waals surface area contributed by atoms with E-state index in [2.05, 4.69) is 12.2 Å². The van der Waals surface area contributed by atoms with Crippen LogP contribution >= 0.6 is 22.9 Å². The molecule has 0 aliphatic carbocycles. The number of hydrogen-bond acceptors (Lipinski definition) is 3. The molecule has 1 aromatic heterocycles. The summed E-state index contributed by atoms with van der Waals surface area (Å²) in [4.78, 5) is 0. The van der Waals surface area contributed by atoms with Gasteiger partial charge in [-0.25, -0.2) is 0 Å². The first-order chi connectivity index (χ1) is 6.26. The van der Waals surface area contributed by atoms with E-state index in [1.165, 1.54) is 0 Å². The number of anilines is 1. The van der Waals surface area contributed by atoms with E-state index in [0.29, 0.717) is 5.92 Å². The Morgan fingerprint density at radius 3 is 2.85 bits per heavy atom. The van der Waals surface area contributed by atoms with Crippen molar-refractivity contribution in [2.75, 3.05) is 18.4 Å². The van der Waals surface area contributed by atoms with Crippen LogP contribution < -0.4 is 11.1 Å². The summed E-state index contributed by atoms with van der Waals surface area (Å²) in [6.45, 7) is 3.83. The molecule has 0 bridgehead atoms. The highest BCUT2D eigenvalue weighted by atomic mass is 35.5. The molecule has 3 N–H and O–H groups in total. The van der Waals surface area contributed by atoms with Crippen LogP contribution in [0.5, 0.6) is 0 Å². The van der Waals surface area contributed by atoms with Gasteiger partial charge in [0.25, 0.3) is 0 Å². The second-order valence-corrected chi connectivity index (χ2v) is 4.71. The smallest absolute Gasteiger partial charge is 0.0950 e. The van der Waals surface area contributed by atoms with Gasteiger partial charge in [0.15, 0.2) is 0 Å². The fourth-order valence-corrected chi connectivity index (χ4v) is 2.00. The van der Waals surface area contributed by atoms with E-state index >= 15 is 0 Å². The third-order valence-electron chi connectivity index (χ3n) is 2.05. The number of nitrogens with two attached hydrogens (primary N) is 1. The van der Waals surface area contributed by atoms with Gasteiger partial charge in [-0.2, -0.15) is 0 Å². The van der Waals surface area contributed by atoms with Gasteiger partial charge in [0.2, 0.25) is 0 Å². The summed E-state index contributed by atoms with van der Waals surface area (Å²) in [6.07, 6.45) is 1.11. The van der Waals surface area contributed by atoms with Crippen LogP contribution in [0.2, 0.25) is 4.34 Å². The average molecular weight is 219 g/mol. The molecule has 1 heterocycles. The highest BCUT2D eigenvalue weighted by molar-refractivity contribution is 7.19. The normalized spacial score (nSPS) is 12.8. The summed E-state index contributed by atoms with van der Waals surface area (Å²) in [7, 11) is 0. The molecule has 1 aromatic rings. The largest absolute Gasteiger partial charge is 0.377 e. The summed E-state index contributed by atoms with van der Waals surface area (Å²) in [5.74, 6) is 0.556. The summed E-state index contributed by atoms with van der Waals surface area (Å²) in [5.41, 5.74) is 5.59. The van der Waals surface area contributed by atoms with E-state index in [1.54, 1.807) is 11.3 Å². The maximum absolute atomic E-state index is 5.80. The number of halogens is 1. The molecule has 1 unspecified atom stereocenters. The van der Waals surface area contributed by atoms with E-state index in [4.69, 9.17) is 17.3 Å². The van der Waals surface area contributed by atoms with E-state index in [9.17, 15) is 0 Å². The molecule has 4 heteroatoms. The molecule has 1 atom stereocenters. The number of thiophene rings is 1. The van der Waals surface area contributed by atoms with Crippen molar-refractivity contribution in [3.05, 3.63) is 16.5 Å². The molecule has 0 saturated carbocycles. The fraction of sp³-hybridized carbons (Fsp3) is 0.556. The van der Waals surface area contributed by atoms with Crippen molar-refractivity contribution in [3.63, 3.8) is 0 Å². The average Bonchev–Trinajstić information content (AvgIpc) is 2.53. The lowest BCUT2D eigenvalue weighted by atomic mass is 10.1. The van der Waals surface area contributed by atoms with Crippen LogP contribution in [0.1, 0.15) is 13.3 Å². The van der Waals surface area contributed by atoms with Crippen molar-refractivity contribution in [2.45, 2.75) is 13.3 Å². The number of rotatable bonds is 5. The molecule has 0 aromatic carbocycles. The fourth-order valence-electron chi connectivity index (χ4n) is 1.05. The molecule has 13 heavy (non-hydrogen) atoms. The highest BCUT2D eigenvalue weighted by Crippen LogP contribution is 2.26. The van der Waals surface area contributed by atoms with Crippen molar-refractivity contribution in [3.8, 4) is 0 Å². The van der Waals surface area contributed by atoms with Crippen LogP contribution in [0.25, 0.3) is 0 Å². The highest BCUT2D eigenvalue weighted by Gasteiger charge is 2.03. The Labute approximate surface area is 88.1 Å². The minimum atomic E-state index is 0.556. The summed E-state index contributed by atoms with van der Waals surface area (Å²) in [5, 5.41) is 4.44. The minimum Gasteiger partial charge on any atom is -0.377 e.